The van der Waals surface area contributed by atoms with Crippen molar-refractivity contribution in [2.75, 3.05) is 5.32 Å². The van der Waals surface area contributed by atoms with Crippen molar-refractivity contribution in [2.24, 2.45) is 0 Å². The number of halogens is 1. The fourth-order valence-electron chi connectivity index (χ4n) is 2.42. The average Bonchev–Trinajstić information content (AvgIpc) is 2.85. The molecule has 2 aromatic carbocycles. The number of aryl methyl sites for hydroxylation is 2. The first-order valence-electron chi connectivity index (χ1n) is 7.17. The standard InChI is InChI=1S/C18H16FNO2/c1-3-12-4-7-14(8-5-12)20-18(21)17-11(2)15-10-13(19)6-9-16(15)22-17/h4-10H,3H2,1-2H3,(H,20,21). The molecule has 0 atom stereocenters. The van der Waals surface area contributed by atoms with Gasteiger partial charge in [0.2, 0.25) is 0 Å². The van der Waals surface area contributed by atoms with Crippen molar-refractivity contribution in [3.05, 3.63) is 65.2 Å². The predicted molar refractivity (Wildman–Crippen MR) is 84.7 cm³/mol. The van der Waals surface area contributed by atoms with E-state index in [-0.39, 0.29) is 17.5 Å². The maximum Gasteiger partial charge on any atom is 0.291 e. The molecule has 3 nitrogen and oxygen atoms in total. The van der Waals surface area contributed by atoms with E-state index >= 15 is 0 Å². The third-order valence-corrected chi connectivity index (χ3v) is 3.72. The minimum Gasteiger partial charge on any atom is -0.451 e. The molecule has 112 valence electrons. The van der Waals surface area contributed by atoms with Crippen LogP contribution >= 0.6 is 0 Å². The number of fused-ring (bicyclic) bond motifs is 1. The van der Waals surface area contributed by atoms with Gasteiger partial charge in [-0.25, -0.2) is 4.39 Å². The number of rotatable bonds is 3. The van der Waals surface area contributed by atoms with Crippen LogP contribution in [0.3, 0.4) is 0 Å². The van der Waals surface area contributed by atoms with Crippen LogP contribution in [0.1, 0.15) is 28.6 Å². The number of anilines is 1. The fourth-order valence-corrected chi connectivity index (χ4v) is 2.42. The first kappa shape index (κ1) is 14.3. The second-order valence-electron chi connectivity index (χ2n) is 5.20. The van der Waals surface area contributed by atoms with E-state index in [0.717, 1.165) is 6.42 Å². The molecule has 3 rings (SSSR count). The number of hydrogen-bond donors (Lipinski definition) is 1. The number of carbonyl (C=O) groups is 1. The van der Waals surface area contributed by atoms with Gasteiger partial charge in [0, 0.05) is 16.6 Å². The molecule has 0 fully saturated rings. The van der Waals surface area contributed by atoms with Crippen LogP contribution in [-0.2, 0) is 6.42 Å². The minimum absolute atomic E-state index is 0.208. The lowest BCUT2D eigenvalue weighted by Crippen LogP contribution is -2.12. The first-order valence-corrected chi connectivity index (χ1v) is 7.17. The first-order chi connectivity index (χ1) is 10.6. The molecule has 1 heterocycles. The van der Waals surface area contributed by atoms with Crippen LogP contribution in [0.4, 0.5) is 10.1 Å². The summed E-state index contributed by atoms with van der Waals surface area (Å²) in [7, 11) is 0. The quantitative estimate of drug-likeness (QED) is 0.761. The smallest absolute Gasteiger partial charge is 0.291 e. The highest BCUT2D eigenvalue weighted by Crippen LogP contribution is 2.26. The van der Waals surface area contributed by atoms with Crippen molar-refractivity contribution in [3.8, 4) is 0 Å². The topological polar surface area (TPSA) is 42.2 Å². The normalized spacial score (nSPS) is 10.9. The molecule has 0 aliphatic heterocycles. The molecule has 1 N–H and O–H groups in total. The third kappa shape index (κ3) is 2.60. The molecule has 0 radical (unpaired) electrons. The lowest BCUT2D eigenvalue weighted by atomic mass is 10.1. The summed E-state index contributed by atoms with van der Waals surface area (Å²) in [6.45, 7) is 3.82. The van der Waals surface area contributed by atoms with Gasteiger partial charge in [-0.05, 0) is 49.2 Å². The van der Waals surface area contributed by atoms with E-state index in [1.54, 1.807) is 6.92 Å². The zero-order valence-corrected chi connectivity index (χ0v) is 12.4. The Bertz CT molecular complexity index is 834. The van der Waals surface area contributed by atoms with Gasteiger partial charge in [0.25, 0.3) is 5.91 Å². The molecule has 0 aliphatic carbocycles. The summed E-state index contributed by atoms with van der Waals surface area (Å²) >= 11 is 0. The maximum atomic E-state index is 13.3. The highest BCUT2D eigenvalue weighted by atomic mass is 19.1. The van der Waals surface area contributed by atoms with Crippen LogP contribution in [0.25, 0.3) is 11.0 Å². The number of benzene rings is 2. The Morgan fingerprint density at radius 3 is 2.59 bits per heavy atom. The molecule has 3 aromatic rings. The molecule has 0 aliphatic rings. The van der Waals surface area contributed by atoms with Crippen LogP contribution in [0, 0.1) is 12.7 Å². The van der Waals surface area contributed by atoms with Crippen molar-refractivity contribution < 1.29 is 13.6 Å². The van der Waals surface area contributed by atoms with E-state index < -0.39 is 0 Å². The monoisotopic (exact) mass is 297 g/mol. The lowest BCUT2D eigenvalue weighted by molar-refractivity contribution is 0.0998. The number of carbonyl (C=O) groups excluding carboxylic acids is 1. The van der Waals surface area contributed by atoms with Crippen molar-refractivity contribution in [3.63, 3.8) is 0 Å². The van der Waals surface area contributed by atoms with E-state index in [0.29, 0.717) is 22.2 Å². The Balaban J connectivity index is 1.89. The SMILES string of the molecule is CCc1ccc(NC(=O)c2oc3ccc(F)cc3c2C)cc1. The maximum absolute atomic E-state index is 13.3. The molecule has 0 bridgehead atoms. The Morgan fingerprint density at radius 1 is 1.18 bits per heavy atom. The molecular weight excluding hydrogens is 281 g/mol. The van der Waals surface area contributed by atoms with Gasteiger partial charge in [0.05, 0.1) is 0 Å². The van der Waals surface area contributed by atoms with Crippen LogP contribution in [0.5, 0.6) is 0 Å². The summed E-state index contributed by atoms with van der Waals surface area (Å²) in [5.41, 5.74) is 3.05. The van der Waals surface area contributed by atoms with Crippen molar-refractivity contribution in [1.82, 2.24) is 0 Å². The Morgan fingerprint density at radius 2 is 1.91 bits per heavy atom. The summed E-state index contributed by atoms with van der Waals surface area (Å²) in [6, 6.07) is 11.9. The zero-order chi connectivity index (χ0) is 15.7. The van der Waals surface area contributed by atoms with Crippen molar-refractivity contribution in [1.29, 1.82) is 0 Å². The molecule has 1 amide bonds. The van der Waals surface area contributed by atoms with Crippen molar-refractivity contribution in [2.45, 2.75) is 20.3 Å². The Hall–Kier alpha value is -2.62. The molecular formula is C18H16FNO2. The highest BCUT2D eigenvalue weighted by Gasteiger charge is 2.18. The van der Waals surface area contributed by atoms with Gasteiger partial charge >= 0.3 is 0 Å². The van der Waals surface area contributed by atoms with Gasteiger partial charge in [-0.15, -0.1) is 0 Å². The van der Waals surface area contributed by atoms with Gasteiger partial charge in [0.1, 0.15) is 11.4 Å². The summed E-state index contributed by atoms with van der Waals surface area (Å²) in [6.07, 6.45) is 0.947. The van der Waals surface area contributed by atoms with E-state index in [1.165, 1.54) is 23.8 Å². The summed E-state index contributed by atoms with van der Waals surface area (Å²) in [4.78, 5) is 12.3. The average molecular weight is 297 g/mol. The van der Waals surface area contributed by atoms with Gasteiger partial charge in [0.15, 0.2) is 5.76 Å². The van der Waals surface area contributed by atoms with Crippen LogP contribution in [0.15, 0.2) is 46.9 Å². The van der Waals surface area contributed by atoms with Gasteiger partial charge in [-0.2, -0.15) is 0 Å². The zero-order valence-electron chi connectivity index (χ0n) is 12.4. The van der Waals surface area contributed by atoms with Gasteiger partial charge in [-0.1, -0.05) is 19.1 Å². The number of furan rings is 1. The largest absolute Gasteiger partial charge is 0.451 e. The number of nitrogens with one attached hydrogen (secondary N) is 1. The Labute approximate surface area is 127 Å². The molecule has 0 saturated carbocycles. The van der Waals surface area contributed by atoms with Crippen LogP contribution < -0.4 is 5.32 Å². The molecule has 0 unspecified atom stereocenters. The van der Waals surface area contributed by atoms with E-state index in [9.17, 15) is 9.18 Å². The second-order valence-corrected chi connectivity index (χ2v) is 5.20. The summed E-state index contributed by atoms with van der Waals surface area (Å²) < 4.78 is 18.9. The number of hydrogen-bond acceptors (Lipinski definition) is 2. The fraction of sp³-hybridized carbons (Fsp3) is 0.167. The van der Waals surface area contributed by atoms with E-state index in [2.05, 4.69) is 12.2 Å². The highest BCUT2D eigenvalue weighted by molar-refractivity contribution is 6.06. The van der Waals surface area contributed by atoms with Crippen molar-refractivity contribution >= 4 is 22.6 Å². The molecule has 1 aromatic heterocycles. The second kappa shape index (κ2) is 5.64. The number of amides is 1. The Kier molecular flexibility index (Phi) is 3.67. The predicted octanol–water partition coefficient (Wildman–Crippen LogP) is 4.70. The molecule has 0 spiro atoms. The van der Waals surface area contributed by atoms with E-state index in [1.807, 2.05) is 24.3 Å². The van der Waals surface area contributed by atoms with Crippen LogP contribution in [0.2, 0.25) is 0 Å². The third-order valence-electron chi connectivity index (χ3n) is 3.72. The molecule has 0 saturated heterocycles. The molecule has 22 heavy (non-hydrogen) atoms. The minimum atomic E-state index is -0.349. The summed E-state index contributed by atoms with van der Waals surface area (Å²) in [5, 5.41) is 3.42. The van der Waals surface area contributed by atoms with Crippen LogP contribution in [-0.4, -0.2) is 5.91 Å². The lowest BCUT2D eigenvalue weighted by Gasteiger charge is -2.04. The summed E-state index contributed by atoms with van der Waals surface area (Å²) in [5.74, 6) is -0.475. The molecule has 4 heteroatoms. The van der Waals surface area contributed by atoms with Gasteiger partial charge < -0.3 is 9.73 Å². The van der Waals surface area contributed by atoms with E-state index in [4.69, 9.17) is 4.42 Å². The van der Waals surface area contributed by atoms with Gasteiger partial charge in [-0.3, -0.25) is 4.79 Å².